The van der Waals surface area contributed by atoms with Gasteiger partial charge in [-0.1, -0.05) is 116 Å². The first-order valence-corrected chi connectivity index (χ1v) is 18.2. The van der Waals surface area contributed by atoms with E-state index in [9.17, 15) is 0 Å². The molecule has 0 N–H and O–H groups in total. The van der Waals surface area contributed by atoms with E-state index in [1.54, 1.807) is 24.7 Å². The number of hydrogen-bond acceptors (Lipinski definition) is 3. The van der Waals surface area contributed by atoms with Gasteiger partial charge in [0.25, 0.3) is 6.33 Å². The summed E-state index contributed by atoms with van der Waals surface area (Å²) in [6.07, 6.45) is 7.20. The van der Waals surface area contributed by atoms with Crippen molar-refractivity contribution in [1.29, 1.82) is 0 Å². The second-order valence-corrected chi connectivity index (χ2v) is 16.1. The van der Waals surface area contributed by atoms with E-state index < -0.39 is 6.37 Å². The Kier molecular flexibility index (Phi) is 9.19. The summed E-state index contributed by atoms with van der Waals surface area (Å²) in [7, 11) is 0. The molecule has 0 atom stereocenters. The molecule has 0 aliphatic carbocycles. The molecule has 4 heterocycles. The largest absolute Gasteiger partial charge is 0.508 e. The second kappa shape index (κ2) is 14.3. The van der Waals surface area contributed by atoms with Gasteiger partial charge in [-0.05, 0) is 87.4 Å². The third-order valence-electron chi connectivity index (χ3n) is 9.56. The Morgan fingerprint density at radius 3 is 2.20 bits per heavy atom. The van der Waals surface area contributed by atoms with Crippen molar-refractivity contribution >= 4 is 32.8 Å². The summed E-state index contributed by atoms with van der Waals surface area (Å²) in [5.74, 6) is 1.33. The van der Waals surface area contributed by atoms with Gasteiger partial charge in [-0.3, -0.25) is 4.57 Å². The summed E-state index contributed by atoms with van der Waals surface area (Å²) >= 11 is 0. The molecular weight excluding hydrogens is 846 g/mol. The summed E-state index contributed by atoms with van der Waals surface area (Å²) in [6, 6.07) is 37.7. The van der Waals surface area contributed by atoms with E-state index >= 15 is 0 Å². The minimum absolute atomic E-state index is 0. The average molecular weight is 893 g/mol. The number of aromatic nitrogens is 5. The maximum atomic E-state index is 8.75. The Morgan fingerprint density at radius 1 is 0.778 bits per heavy atom. The third-order valence-corrected chi connectivity index (χ3v) is 9.56. The minimum Gasteiger partial charge on any atom is -0.508 e. The Labute approximate surface area is 335 Å². The molecule has 4 aromatic heterocycles. The fourth-order valence-corrected chi connectivity index (χ4v) is 6.82. The molecular formula is C47H45N5OPt-2. The SMILES string of the molecule is [2H]C([2H])(c1ccnc(-n2c3[c-]c(Oc4[c-]c(-n5[c-][n+](-c6cc(C(C)(C)C)cc(C(C)(C)C)c6)c6ccccc65)cnc4)ccc3c3ccccc32)c1)C(C)C.[Pt]. The summed E-state index contributed by atoms with van der Waals surface area (Å²) in [4.78, 5) is 9.28. The van der Waals surface area contributed by atoms with Gasteiger partial charge in [0, 0.05) is 47.0 Å². The van der Waals surface area contributed by atoms with Gasteiger partial charge in [-0.15, -0.1) is 23.6 Å². The van der Waals surface area contributed by atoms with Crippen LogP contribution in [0.15, 0.2) is 110 Å². The van der Waals surface area contributed by atoms with Gasteiger partial charge in [0.05, 0.1) is 16.7 Å². The van der Waals surface area contributed by atoms with Crippen LogP contribution in [-0.2, 0) is 38.3 Å². The van der Waals surface area contributed by atoms with Crippen LogP contribution in [0.5, 0.6) is 11.5 Å². The fourth-order valence-electron chi connectivity index (χ4n) is 6.82. The van der Waals surface area contributed by atoms with Crippen molar-refractivity contribution in [2.24, 2.45) is 5.92 Å². The van der Waals surface area contributed by atoms with Crippen LogP contribution in [0.4, 0.5) is 0 Å². The van der Waals surface area contributed by atoms with E-state index in [0.717, 1.165) is 38.5 Å². The quantitative estimate of drug-likeness (QED) is 0.118. The van der Waals surface area contributed by atoms with E-state index in [2.05, 4.69) is 106 Å². The third kappa shape index (κ3) is 7.12. The van der Waals surface area contributed by atoms with E-state index in [0.29, 0.717) is 28.6 Å². The van der Waals surface area contributed by atoms with Crippen molar-refractivity contribution in [3.8, 4) is 28.7 Å². The number of fused-ring (bicyclic) bond motifs is 4. The van der Waals surface area contributed by atoms with E-state index in [-0.39, 0.29) is 37.8 Å². The van der Waals surface area contributed by atoms with Crippen molar-refractivity contribution in [2.75, 3.05) is 0 Å². The zero-order chi connectivity index (χ0) is 38.9. The van der Waals surface area contributed by atoms with E-state index in [1.807, 2.05) is 71.5 Å². The van der Waals surface area contributed by atoms with Crippen molar-refractivity contribution < 1.29 is 33.1 Å². The summed E-state index contributed by atoms with van der Waals surface area (Å²) in [5.41, 5.74) is 8.48. The predicted molar refractivity (Wildman–Crippen MR) is 214 cm³/mol. The number of imidazole rings is 1. The molecule has 54 heavy (non-hydrogen) atoms. The molecule has 8 rings (SSSR count). The van der Waals surface area contributed by atoms with Crippen LogP contribution in [0, 0.1) is 24.4 Å². The molecule has 0 unspecified atom stereocenters. The Morgan fingerprint density at radius 2 is 1.48 bits per heavy atom. The number of pyridine rings is 2. The number of rotatable bonds is 7. The monoisotopic (exact) mass is 892 g/mol. The smallest absolute Gasteiger partial charge is 0.268 e. The molecule has 7 heteroatoms. The molecule has 0 radical (unpaired) electrons. The zero-order valence-electron chi connectivity index (χ0n) is 33.9. The molecule has 0 spiro atoms. The Balaban J connectivity index is 0.00000480. The molecule has 0 bridgehead atoms. The summed E-state index contributed by atoms with van der Waals surface area (Å²) in [6.45, 7) is 17.3. The molecule has 0 saturated heterocycles. The number of nitrogens with zero attached hydrogens (tertiary/aromatic N) is 5. The number of hydrogen-bond donors (Lipinski definition) is 0. The average Bonchev–Trinajstić information content (AvgIpc) is 3.70. The molecule has 276 valence electrons. The number of para-hydroxylation sites is 3. The number of benzene rings is 4. The van der Waals surface area contributed by atoms with Crippen molar-refractivity contribution in [1.82, 2.24) is 19.1 Å². The van der Waals surface area contributed by atoms with Gasteiger partial charge in [0.15, 0.2) is 0 Å². The van der Waals surface area contributed by atoms with Crippen molar-refractivity contribution in [2.45, 2.75) is 72.6 Å². The minimum atomic E-state index is -1.52. The van der Waals surface area contributed by atoms with Crippen LogP contribution < -0.4 is 9.30 Å². The van der Waals surface area contributed by atoms with Gasteiger partial charge >= 0.3 is 0 Å². The molecule has 0 aliphatic rings. The normalized spacial score (nSPS) is 13.0. The topological polar surface area (TPSA) is 48.8 Å². The standard InChI is InChI=1S/C47H45N5O.Pt/c1-31(2)21-32-19-20-49-45(22-32)52-41-14-10-9-13-39(41)40-18-17-37(27-44(40)52)53-38-26-36(28-48-29-38)51-30-50(42-15-11-12-16-43(42)51)35-24-33(46(3,4)5)23-34(25-35)47(6,7)8;/h9-20,22-25,28-29,31H,21H2,1-8H3;/q-2;/i21D2;. The molecule has 4 aromatic carbocycles. The first kappa shape index (κ1) is 34.7. The zero-order valence-corrected chi connectivity index (χ0v) is 34.2. The van der Waals surface area contributed by atoms with Gasteiger partial charge in [0.2, 0.25) is 0 Å². The van der Waals surface area contributed by atoms with E-state index in [4.69, 9.17) is 12.5 Å². The van der Waals surface area contributed by atoms with E-state index in [1.165, 1.54) is 11.1 Å². The molecule has 0 fully saturated rings. The van der Waals surface area contributed by atoms with Gasteiger partial charge in [0.1, 0.15) is 5.82 Å². The van der Waals surface area contributed by atoms with Crippen molar-refractivity contribution in [3.05, 3.63) is 145 Å². The molecule has 0 amide bonds. The molecule has 0 saturated carbocycles. The van der Waals surface area contributed by atoms with Gasteiger partial charge in [-0.2, -0.15) is 6.07 Å². The molecule has 0 aliphatic heterocycles. The van der Waals surface area contributed by atoms with Gasteiger partial charge < -0.3 is 18.9 Å². The fraction of sp³-hybridized carbons (Fsp3) is 0.255. The first-order chi connectivity index (χ1) is 26.1. The van der Waals surface area contributed by atoms with Crippen LogP contribution in [0.2, 0.25) is 0 Å². The maximum absolute atomic E-state index is 8.75. The second-order valence-electron chi connectivity index (χ2n) is 16.1. The van der Waals surface area contributed by atoms with Crippen LogP contribution in [0.3, 0.4) is 0 Å². The molecule has 6 nitrogen and oxygen atoms in total. The van der Waals surface area contributed by atoms with Crippen LogP contribution in [0.1, 0.15) is 74.8 Å². The summed E-state index contributed by atoms with van der Waals surface area (Å²) < 4.78 is 30.1. The summed E-state index contributed by atoms with van der Waals surface area (Å²) in [5, 5.41) is 2.03. The van der Waals surface area contributed by atoms with Crippen LogP contribution in [0.25, 0.3) is 50.0 Å². The van der Waals surface area contributed by atoms with Gasteiger partial charge in [-0.25, -0.2) is 4.98 Å². The van der Waals surface area contributed by atoms with Crippen LogP contribution in [-0.4, -0.2) is 19.1 Å². The maximum Gasteiger partial charge on any atom is 0.268 e. The first-order valence-electron chi connectivity index (χ1n) is 19.2. The molecule has 8 aromatic rings. The Bertz CT molecular complexity index is 2700. The predicted octanol–water partition coefficient (Wildman–Crippen LogP) is 10.8. The Hall–Kier alpha value is -5.06. The number of ether oxygens (including phenoxy) is 1. The van der Waals surface area contributed by atoms with Crippen LogP contribution >= 0.6 is 0 Å². The van der Waals surface area contributed by atoms with Crippen molar-refractivity contribution in [3.63, 3.8) is 0 Å².